The minimum Gasteiger partial charge on any atom is -0.260 e. The third kappa shape index (κ3) is 3.68. The summed E-state index contributed by atoms with van der Waals surface area (Å²) >= 11 is 0. The van der Waals surface area contributed by atoms with Gasteiger partial charge in [-0.25, -0.2) is 22.0 Å². The van der Waals surface area contributed by atoms with Crippen molar-refractivity contribution in [3.8, 4) is 0 Å². The lowest BCUT2D eigenvalue weighted by Crippen LogP contribution is -2.20. The molecule has 0 aliphatic carbocycles. The van der Waals surface area contributed by atoms with E-state index >= 15 is 0 Å². The Labute approximate surface area is 154 Å². The first kappa shape index (κ1) is 19.3. The molecule has 0 atom stereocenters. The van der Waals surface area contributed by atoms with Gasteiger partial charge in [-0.2, -0.15) is 0 Å². The van der Waals surface area contributed by atoms with Gasteiger partial charge in [-0.1, -0.05) is 17.7 Å². The Morgan fingerprint density at radius 3 is 1.89 bits per heavy atom. The molecular formula is C20H20F5N2+. The molecule has 0 saturated heterocycles. The lowest BCUT2D eigenvalue weighted by Gasteiger charge is -2.13. The molecule has 0 spiro atoms. The maximum Gasteiger partial charge on any atom is 0.234 e. The molecule has 27 heavy (non-hydrogen) atoms. The smallest absolute Gasteiger partial charge is 0.234 e. The maximum absolute atomic E-state index is 13.9. The number of nitrogens with zero attached hydrogens (tertiary/aromatic N) is 2. The van der Waals surface area contributed by atoms with Crippen molar-refractivity contribution in [2.45, 2.75) is 33.9 Å². The third-order valence-electron chi connectivity index (χ3n) is 4.86. The largest absolute Gasteiger partial charge is 0.260 e. The van der Waals surface area contributed by atoms with Crippen LogP contribution >= 0.6 is 0 Å². The summed E-state index contributed by atoms with van der Waals surface area (Å²) in [5, 5.41) is 0. The van der Waals surface area contributed by atoms with E-state index in [2.05, 4.69) is 12.1 Å². The fraction of sp³-hybridized carbons (Fsp3) is 0.350. The van der Waals surface area contributed by atoms with Crippen molar-refractivity contribution in [3.05, 3.63) is 69.0 Å². The molecule has 2 aromatic rings. The zero-order valence-electron chi connectivity index (χ0n) is 15.3. The van der Waals surface area contributed by atoms with Gasteiger partial charge in [-0.3, -0.25) is 9.48 Å². The molecule has 0 saturated carbocycles. The molecule has 0 fully saturated rings. The normalized spacial score (nSPS) is 14.1. The number of halogens is 5. The van der Waals surface area contributed by atoms with Crippen LogP contribution in [0, 0.1) is 49.9 Å². The summed E-state index contributed by atoms with van der Waals surface area (Å²) in [7, 11) is 0. The van der Waals surface area contributed by atoms with E-state index in [4.69, 9.17) is 0 Å². The molecule has 2 aromatic carbocycles. The van der Waals surface area contributed by atoms with Crippen LogP contribution in [-0.4, -0.2) is 28.9 Å². The number of rotatable bonds is 4. The Bertz CT molecular complexity index is 884. The molecule has 1 heterocycles. The summed E-state index contributed by atoms with van der Waals surface area (Å²) in [5.74, 6) is -9.50. The Morgan fingerprint density at radius 1 is 0.815 bits per heavy atom. The van der Waals surface area contributed by atoms with Crippen molar-refractivity contribution in [3.63, 3.8) is 0 Å². The van der Waals surface area contributed by atoms with Gasteiger partial charge >= 0.3 is 0 Å². The molecule has 0 aromatic heterocycles. The van der Waals surface area contributed by atoms with Crippen molar-refractivity contribution < 1.29 is 26.5 Å². The highest BCUT2D eigenvalue weighted by Gasteiger charge is 2.29. The quantitative estimate of drug-likeness (QED) is 0.329. The molecule has 2 nitrogen and oxygen atoms in total. The van der Waals surface area contributed by atoms with Gasteiger partial charge in [0.05, 0.1) is 5.56 Å². The van der Waals surface area contributed by atoms with Gasteiger partial charge in [0.1, 0.15) is 26.2 Å². The first-order valence-corrected chi connectivity index (χ1v) is 8.59. The van der Waals surface area contributed by atoms with Gasteiger partial charge < -0.3 is 0 Å². The van der Waals surface area contributed by atoms with E-state index in [1.807, 2.05) is 25.7 Å². The van der Waals surface area contributed by atoms with Gasteiger partial charge in [0.15, 0.2) is 23.3 Å². The molecule has 7 heteroatoms. The highest BCUT2D eigenvalue weighted by atomic mass is 19.2. The van der Waals surface area contributed by atoms with Crippen LogP contribution in [-0.2, 0) is 13.1 Å². The molecule has 3 rings (SSSR count). The minimum absolute atomic E-state index is 0.381. The first-order chi connectivity index (χ1) is 12.7. The van der Waals surface area contributed by atoms with Crippen LogP contribution in [0.3, 0.4) is 0 Å². The third-order valence-corrected chi connectivity index (χ3v) is 4.86. The van der Waals surface area contributed by atoms with Crippen LogP contribution < -0.4 is 0 Å². The molecule has 0 amide bonds. The fourth-order valence-electron chi connectivity index (χ4n) is 3.50. The predicted octanol–water partition coefficient (Wildman–Crippen LogP) is 4.36. The average molecular weight is 383 g/mol. The van der Waals surface area contributed by atoms with E-state index in [0.717, 1.165) is 16.7 Å². The first-order valence-electron chi connectivity index (χ1n) is 8.59. The topological polar surface area (TPSA) is 6.25 Å². The zero-order chi connectivity index (χ0) is 19.9. The van der Waals surface area contributed by atoms with Crippen LogP contribution in [0.1, 0.15) is 27.8 Å². The predicted molar refractivity (Wildman–Crippen MR) is 92.2 cm³/mol. The van der Waals surface area contributed by atoms with Gasteiger partial charge in [-0.05, 0) is 37.5 Å². The standard InChI is InChI=1S/C20H20F5N2/c1-11-6-12(2)14(13(3)7-11)8-26-4-5-27(10-26)9-15-16(21)18(23)20(25)19(24)17(15)22/h6-7,10H,4-5,8-9H2,1-3H3/q+1. The van der Waals surface area contributed by atoms with Gasteiger partial charge in [0, 0.05) is 0 Å². The molecule has 1 aliphatic rings. The van der Waals surface area contributed by atoms with Crippen molar-refractivity contribution >= 4 is 6.34 Å². The molecular weight excluding hydrogens is 363 g/mol. The highest BCUT2D eigenvalue weighted by molar-refractivity contribution is 5.51. The minimum atomic E-state index is -2.13. The summed E-state index contributed by atoms with van der Waals surface area (Å²) in [6.45, 7) is 7.35. The monoisotopic (exact) mass is 383 g/mol. The molecule has 1 aliphatic heterocycles. The Kier molecular flexibility index (Phi) is 5.22. The fourth-order valence-corrected chi connectivity index (χ4v) is 3.50. The van der Waals surface area contributed by atoms with E-state index in [1.54, 1.807) is 10.9 Å². The number of hydrogen-bond acceptors (Lipinski definition) is 1. The van der Waals surface area contributed by atoms with E-state index in [1.165, 1.54) is 5.56 Å². The van der Waals surface area contributed by atoms with Crippen LogP contribution in [0.15, 0.2) is 12.1 Å². The lowest BCUT2D eigenvalue weighted by atomic mass is 9.99. The Balaban J connectivity index is 1.82. The second-order valence-corrected chi connectivity index (χ2v) is 6.98. The van der Waals surface area contributed by atoms with Gasteiger partial charge in [0.25, 0.3) is 0 Å². The van der Waals surface area contributed by atoms with Crippen LogP contribution in [0.2, 0.25) is 0 Å². The molecule has 144 valence electrons. The summed E-state index contributed by atoms with van der Waals surface area (Å²) in [6, 6.07) is 4.18. The van der Waals surface area contributed by atoms with Gasteiger partial charge in [0.2, 0.25) is 12.2 Å². The summed E-state index contributed by atoms with van der Waals surface area (Å²) in [6.07, 6.45) is 1.68. The second kappa shape index (κ2) is 7.29. The van der Waals surface area contributed by atoms with Crippen LogP contribution in [0.4, 0.5) is 22.0 Å². The Morgan fingerprint density at radius 2 is 1.33 bits per heavy atom. The summed E-state index contributed by atoms with van der Waals surface area (Å²) in [5.41, 5.74) is 3.83. The summed E-state index contributed by atoms with van der Waals surface area (Å²) in [4.78, 5) is 1.97. The van der Waals surface area contributed by atoms with E-state index in [0.29, 0.717) is 19.6 Å². The van der Waals surface area contributed by atoms with Crippen molar-refractivity contribution in [2.24, 2.45) is 0 Å². The maximum atomic E-state index is 13.9. The lowest BCUT2D eigenvalue weighted by molar-refractivity contribution is -0.530. The van der Waals surface area contributed by atoms with Crippen molar-refractivity contribution in [2.75, 3.05) is 13.1 Å². The average Bonchev–Trinajstić information content (AvgIpc) is 3.05. The second-order valence-electron chi connectivity index (χ2n) is 6.98. The molecule has 0 N–H and O–H groups in total. The molecule has 0 unspecified atom stereocenters. The van der Waals surface area contributed by atoms with Crippen molar-refractivity contribution in [1.29, 1.82) is 0 Å². The number of hydrogen-bond donors (Lipinski definition) is 0. The van der Waals surface area contributed by atoms with Gasteiger partial charge in [-0.15, -0.1) is 0 Å². The van der Waals surface area contributed by atoms with Crippen molar-refractivity contribution in [1.82, 2.24) is 4.90 Å². The Hall–Kier alpha value is -2.44. The van der Waals surface area contributed by atoms with E-state index < -0.39 is 34.6 Å². The molecule has 0 radical (unpaired) electrons. The number of aryl methyl sites for hydroxylation is 3. The SMILES string of the molecule is Cc1cc(C)c(CN2C=[N+](Cc3c(F)c(F)c(F)c(F)c3F)CC2)c(C)c1. The zero-order valence-corrected chi connectivity index (χ0v) is 15.3. The van der Waals surface area contributed by atoms with E-state index in [9.17, 15) is 22.0 Å². The number of benzene rings is 2. The summed E-state index contributed by atoms with van der Waals surface area (Å²) < 4.78 is 69.2. The van der Waals surface area contributed by atoms with E-state index in [-0.39, 0.29) is 6.54 Å². The van der Waals surface area contributed by atoms with Crippen LogP contribution in [0.5, 0.6) is 0 Å². The highest BCUT2D eigenvalue weighted by Crippen LogP contribution is 2.24. The van der Waals surface area contributed by atoms with Crippen LogP contribution in [0.25, 0.3) is 0 Å². The molecule has 0 bridgehead atoms.